The minimum absolute atomic E-state index is 0.0463. The molecule has 2 heterocycles. The van der Waals surface area contributed by atoms with Gasteiger partial charge in [0.25, 0.3) is 0 Å². The van der Waals surface area contributed by atoms with E-state index in [0.29, 0.717) is 10.6 Å². The van der Waals surface area contributed by atoms with Crippen molar-refractivity contribution >= 4 is 28.7 Å². The second-order valence-electron chi connectivity index (χ2n) is 2.95. The van der Waals surface area contributed by atoms with E-state index in [0.717, 1.165) is 22.0 Å². The summed E-state index contributed by atoms with van der Waals surface area (Å²) in [5.41, 5.74) is 1.74. The van der Waals surface area contributed by atoms with E-state index in [2.05, 4.69) is 9.59 Å². The van der Waals surface area contributed by atoms with Crippen LogP contribution in [0.3, 0.4) is 0 Å². The van der Waals surface area contributed by atoms with Crippen LogP contribution in [0, 0.1) is 13.8 Å². The van der Waals surface area contributed by atoms with Crippen LogP contribution in [0.2, 0.25) is 0 Å². The largest absolute Gasteiger partial charge is 0.287 e. The molecule has 0 N–H and O–H groups in total. The number of hydrogen-bond donors (Lipinski definition) is 0. The summed E-state index contributed by atoms with van der Waals surface area (Å²) >= 11 is 2.63. The van der Waals surface area contributed by atoms with Gasteiger partial charge >= 0.3 is 0 Å². The van der Waals surface area contributed by atoms with Gasteiger partial charge in [0.05, 0.1) is 10.6 Å². The van der Waals surface area contributed by atoms with Crippen molar-refractivity contribution in [1.29, 1.82) is 0 Å². The molecule has 0 aliphatic heterocycles. The predicted molar refractivity (Wildman–Crippen MR) is 57.1 cm³/mol. The minimum atomic E-state index is 0.0463. The van der Waals surface area contributed by atoms with Gasteiger partial charge in [0, 0.05) is 0 Å². The SMILES string of the molecule is Cc1ccsc1C(=O)c1snnc1C. The van der Waals surface area contributed by atoms with Crippen LogP contribution in [0.25, 0.3) is 0 Å². The van der Waals surface area contributed by atoms with E-state index < -0.39 is 0 Å². The van der Waals surface area contributed by atoms with Crippen molar-refractivity contribution in [3.05, 3.63) is 32.5 Å². The molecule has 0 saturated carbocycles. The van der Waals surface area contributed by atoms with Gasteiger partial charge < -0.3 is 0 Å². The van der Waals surface area contributed by atoms with Crippen LogP contribution in [-0.2, 0) is 0 Å². The fourth-order valence-electron chi connectivity index (χ4n) is 1.15. The Morgan fingerprint density at radius 1 is 1.36 bits per heavy atom. The van der Waals surface area contributed by atoms with Gasteiger partial charge in [-0.25, -0.2) is 0 Å². The van der Waals surface area contributed by atoms with Crippen LogP contribution in [0.4, 0.5) is 0 Å². The highest BCUT2D eigenvalue weighted by molar-refractivity contribution is 7.14. The molecule has 0 aliphatic rings. The average molecular weight is 224 g/mol. The maximum Gasteiger partial charge on any atom is 0.216 e. The van der Waals surface area contributed by atoms with Gasteiger partial charge in [0.2, 0.25) is 5.78 Å². The predicted octanol–water partition coefficient (Wildman–Crippen LogP) is 2.45. The number of hydrogen-bond acceptors (Lipinski definition) is 5. The van der Waals surface area contributed by atoms with Gasteiger partial charge in [-0.2, -0.15) is 0 Å². The highest BCUT2D eigenvalue weighted by Gasteiger charge is 2.17. The van der Waals surface area contributed by atoms with Crippen molar-refractivity contribution in [3.8, 4) is 0 Å². The first-order valence-corrected chi connectivity index (χ1v) is 5.73. The summed E-state index contributed by atoms with van der Waals surface area (Å²) in [4.78, 5) is 13.4. The Morgan fingerprint density at radius 2 is 2.14 bits per heavy atom. The highest BCUT2D eigenvalue weighted by Crippen LogP contribution is 2.22. The zero-order valence-electron chi connectivity index (χ0n) is 7.77. The summed E-state index contributed by atoms with van der Waals surface area (Å²) in [5.74, 6) is 0.0463. The van der Waals surface area contributed by atoms with Crippen molar-refractivity contribution in [2.45, 2.75) is 13.8 Å². The fraction of sp³-hybridized carbons (Fsp3) is 0.222. The molecule has 0 atom stereocenters. The fourth-order valence-corrected chi connectivity index (χ4v) is 2.69. The average Bonchev–Trinajstić information content (AvgIpc) is 2.73. The maximum absolute atomic E-state index is 12.0. The molecule has 0 radical (unpaired) electrons. The molecule has 2 aromatic rings. The molecule has 72 valence electrons. The Hall–Kier alpha value is -1.07. The molecule has 14 heavy (non-hydrogen) atoms. The second kappa shape index (κ2) is 3.59. The van der Waals surface area contributed by atoms with Gasteiger partial charge in [-0.3, -0.25) is 4.79 Å². The third kappa shape index (κ3) is 1.49. The first-order chi connectivity index (χ1) is 6.70. The summed E-state index contributed by atoms with van der Waals surface area (Å²) in [7, 11) is 0. The Kier molecular flexibility index (Phi) is 2.43. The Bertz CT molecular complexity index is 430. The van der Waals surface area contributed by atoms with E-state index in [-0.39, 0.29) is 5.78 Å². The molecule has 0 aromatic carbocycles. The van der Waals surface area contributed by atoms with Gasteiger partial charge in [0.1, 0.15) is 4.88 Å². The van der Waals surface area contributed by atoms with Crippen molar-refractivity contribution < 1.29 is 4.79 Å². The number of carbonyl (C=O) groups excluding carboxylic acids is 1. The first-order valence-electron chi connectivity index (χ1n) is 4.08. The topological polar surface area (TPSA) is 42.9 Å². The molecule has 3 nitrogen and oxygen atoms in total. The molecular formula is C9H8N2OS2. The lowest BCUT2D eigenvalue weighted by Crippen LogP contribution is -1.99. The molecule has 2 rings (SSSR count). The smallest absolute Gasteiger partial charge is 0.216 e. The van der Waals surface area contributed by atoms with E-state index >= 15 is 0 Å². The molecule has 0 spiro atoms. The number of ketones is 1. The van der Waals surface area contributed by atoms with Crippen LogP contribution in [-0.4, -0.2) is 15.4 Å². The van der Waals surface area contributed by atoms with Crippen molar-refractivity contribution in [1.82, 2.24) is 9.59 Å². The van der Waals surface area contributed by atoms with Crippen LogP contribution in [0.1, 0.15) is 25.8 Å². The Balaban J connectivity index is 2.44. The Morgan fingerprint density at radius 3 is 2.64 bits per heavy atom. The summed E-state index contributed by atoms with van der Waals surface area (Å²) in [6.45, 7) is 3.74. The van der Waals surface area contributed by atoms with E-state index in [1.54, 1.807) is 6.92 Å². The molecule has 0 saturated heterocycles. The maximum atomic E-state index is 12.0. The zero-order valence-corrected chi connectivity index (χ0v) is 9.41. The lowest BCUT2D eigenvalue weighted by atomic mass is 10.2. The van der Waals surface area contributed by atoms with Crippen molar-refractivity contribution in [2.24, 2.45) is 0 Å². The van der Waals surface area contributed by atoms with E-state index in [9.17, 15) is 4.79 Å². The number of aryl methyl sites for hydroxylation is 2. The van der Waals surface area contributed by atoms with E-state index in [1.807, 2.05) is 18.4 Å². The third-order valence-corrected chi connectivity index (χ3v) is 3.77. The monoisotopic (exact) mass is 224 g/mol. The molecule has 0 bridgehead atoms. The molecule has 0 aliphatic carbocycles. The molecule has 0 unspecified atom stereocenters. The number of carbonyl (C=O) groups is 1. The summed E-state index contributed by atoms with van der Waals surface area (Å²) < 4.78 is 3.76. The summed E-state index contributed by atoms with van der Waals surface area (Å²) in [6.07, 6.45) is 0. The second-order valence-corrected chi connectivity index (χ2v) is 4.62. The normalized spacial score (nSPS) is 10.4. The number of thiophene rings is 1. The molecular weight excluding hydrogens is 216 g/mol. The van der Waals surface area contributed by atoms with Gasteiger partial charge in [-0.1, -0.05) is 4.49 Å². The van der Waals surface area contributed by atoms with Crippen LogP contribution in [0.5, 0.6) is 0 Å². The van der Waals surface area contributed by atoms with Gasteiger partial charge in [-0.05, 0) is 42.4 Å². The molecule has 0 amide bonds. The standard InChI is InChI=1S/C9H8N2OS2/c1-5-3-4-13-8(5)7(12)9-6(2)10-11-14-9/h3-4H,1-2H3. The highest BCUT2D eigenvalue weighted by atomic mass is 32.1. The van der Waals surface area contributed by atoms with E-state index in [1.165, 1.54) is 11.3 Å². The number of rotatable bonds is 2. The first kappa shape index (κ1) is 9.48. The van der Waals surface area contributed by atoms with Crippen LogP contribution in [0.15, 0.2) is 11.4 Å². The Labute approximate surface area is 89.6 Å². The number of nitrogens with zero attached hydrogens (tertiary/aromatic N) is 2. The zero-order chi connectivity index (χ0) is 10.1. The molecule has 5 heteroatoms. The third-order valence-electron chi connectivity index (χ3n) is 1.93. The van der Waals surface area contributed by atoms with Crippen LogP contribution < -0.4 is 0 Å². The molecule has 0 fully saturated rings. The summed E-state index contributed by atoms with van der Waals surface area (Å²) in [6, 6.07) is 1.95. The summed E-state index contributed by atoms with van der Waals surface area (Å²) in [5, 5.41) is 5.75. The van der Waals surface area contributed by atoms with Crippen LogP contribution >= 0.6 is 22.9 Å². The number of aromatic nitrogens is 2. The van der Waals surface area contributed by atoms with Gasteiger partial charge in [0.15, 0.2) is 0 Å². The van der Waals surface area contributed by atoms with Gasteiger partial charge in [-0.15, -0.1) is 16.4 Å². The minimum Gasteiger partial charge on any atom is -0.287 e. The van der Waals surface area contributed by atoms with Crippen molar-refractivity contribution in [2.75, 3.05) is 0 Å². The molecule has 2 aromatic heterocycles. The van der Waals surface area contributed by atoms with E-state index in [4.69, 9.17) is 0 Å². The quantitative estimate of drug-likeness (QED) is 0.736. The lowest BCUT2D eigenvalue weighted by molar-refractivity contribution is 0.104. The van der Waals surface area contributed by atoms with Crippen molar-refractivity contribution in [3.63, 3.8) is 0 Å². The lowest BCUT2D eigenvalue weighted by Gasteiger charge is -1.95.